The SMILES string of the molecule is C/C=C(/C)C(=O)OC1C(C)=C2[C@H]([C@@H]1OC(=O)CCCCCCC)[C@@](C)(OC(C)=O)CC(O)[C@@]1(O)[C@H]2OC(=O)[C@@]1(C)O.C/C=C(/C)C(=O)OC1C(C)=C2[C@H]([C@@H]1OC(=O)CCCCCCC)[C@@](C)(OC(C)=O)CC(OC(=O)CCc1ccc(OCOC)c(CCCCCNC(=O)OC(C)(C)C)c1)[C@@]1(O)[C@H]2OC(=O)[C@@]1(C)O. The lowest BCUT2D eigenvalue weighted by Gasteiger charge is -2.41. The molecule has 610 valence electrons. The fourth-order valence-corrected chi connectivity index (χ4v) is 15.7. The Kier molecular flexibility index (Phi) is 31.4. The number of aliphatic hydroxyl groups is 5. The number of aryl methyl sites for hydroxylation is 2. The predicted octanol–water partition coefficient (Wildman–Crippen LogP) is 9.56. The summed E-state index contributed by atoms with van der Waals surface area (Å²) in [5, 5.41) is 61.7. The highest BCUT2D eigenvalue weighted by molar-refractivity contribution is 5.89. The number of unbranched alkanes of at least 4 members (excludes halogenated alkanes) is 10. The molecule has 1 aromatic rings. The Hall–Kier alpha value is -7.76. The molecular formula is C81H119NO27. The molecule has 109 heavy (non-hydrogen) atoms. The van der Waals surface area contributed by atoms with Gasteiger partial charge in [-0.25, -0.2) is 24.0 Å². The Morgan fingerprint density at radius 2 is 1.04 bits per heavy atom. The van der Waals surface area contributed by atoms with Crippen LogP contribution in [0.3, 0.4) is 0 Å². The first-order valence-electron chi connectivity index (χ1n) is 38.3. The largest absolute Gasteiger partial charge is 0.467 e. The van der Waals surface area contributed by atoms with Crippen molar-refractivity contribution in [2.24, 2.45) is 11.8 Å². The summed E-state index contributed by atoms with van der Waals surface area (Å²) in [4.78, 5) is 131. The molecule has 4 aliphatic carbocycles. The smallest absolute Gasteiger partial charge is 0.407 e. The molecule has 4 unspecified atom stereocenters. The Balaban J connectivity index is 0.000000385. The van der Waals surface area contributed by atoms with Crippen LogP contribution in [0.1, 0.15) is 244 Å². The van der Waals surface area contributed by atoms with Crippen molar-refractivity contribution in [2.45, 2.75) is 334 Å². The van der Waals surface area contributed by atoms with Crippen LogP contribution >= 0.6 is 0 Å². The van der Waals surface area contributed by atoms with E-state index >= 15 is 0 Å². The molecule has 16 atom stereocenters. The van der Waals surface area contributed by atoms with Crippen molar-refractivity contribution >= 4 is 59.8 Å². The normalized spacial score (nSPS) is 30.5. The van der Waals surface area contributed by atoms with Crippen molar-refractivity contribution in [1.29, 1.82) is 0 Å². The molecule has 1 amide bonds. The molecule has 2 saturated carbocycles. The number of benzene rings is 1. The molecule has 2 saturated heterocycles. The van der Waals surface area contributed by atoms with Crippen LogP contribution in [-0.2, 0) is 108 Å². The van der Waals surface area contributed by atoms with E-state index in [1.54, 1.807) is 86.6 Å². The molecule has 0 bridgehead atoms. The number of amides is 1. The van der Waals surface area contributed by atoms with Gasteiger partial charge in [0.05, 0.1) is 17.9 Å². The van der Waals surface area contributed by atoms with Gasteiger partial charge in [-0.1, -0.05) is 95.9 Å². The third-order valence-corrected chi connectivity index (χ3v) is 21.7. The molecule has 2 aliphatic heterocycles. The van der Waals surface area contributed by atoms with Gasteiger partial charge in [0.1, 0.15) is 28.7 Å². The van der Waals surface area contributed by atoms with Crippen LogP contribution in [0.2, 0.25) is 0 Å². The van der Waals surface area contributed by atoms with Crippen molar-refractivity contribution in [1.82, 2.24) is 5.32 Å². The van der Waals surface area contributed by atoms with Crippen molar-refractivity contribution in [2.75, 3.05) is 20.4 Å². The molecular weight excluding hydrogens is 1420 g/mol. The van der Waals surface area contributed by atoms with Crippen LogP contribution in [-0.4, -0.2) is 194 Å². The monoisotopic (exact) mass is 1540 g/mol. The number of nitrogens with one attached hydrogen (secondary N) is 1. The van der Waals surface area contributed by atoms with Crippen LogP contribution in [0.4, 0.5) is 4.79 Å². The summed E-state index contributed by atoms with van der Waals surface area (Å²) in [6.07, 6.45) is 1.48. The zero-order chi connectivity index (χ0) is 81.5. The third-order valence-electron chi connectivity index (χ3n) is 21.7. The molecule has 6 N–H and O–H groups in total. The quantitative estimate of drug-likeness (QED) is 0.00952. The number of esters is 9. The lowest BCUT2D eigenvalue weighted by atomic mass is 9.75. The van der Waals surface area contributed by atoms with E-state index in [-0.39, 0.29) is 60.3 Å². The van der Waals surface area contributed by atoms with E-state index in [2.05, 4.69) is 19.2 Å². The number of carbonyl (C=O) groups excluding carboxylic acids is 10. The van der Waals surface area contributed by atoms with E-state index < -0.39 is 173 Å². The van der Waals surface area contributed by atoms with Crippen LogP contribution in [0.5, 0.6) is 5.75 Å². The summed E-state index contributed by atoms with van der Waals surface area (Å²) < 4.78 is 69.5. The van der Waals surface area contributed by atoms with Crippen molar-refractivity contribution < 1.29 is 130 Å². The van der Waals surface area contributed by atoms with Gasteiger partial charge in [-0.3, -0.25) is 24.0 Å². The minimum atomic E-state index is -2.69. The van der Waals surface area contributed by atoms with Crippen molar-refractivity contribution in [3.8, 4) is 5.75 Å². The van der Waals surface area contributed by atoms with E-state index in [4.69, 9.17) is 56.8 Å². The summed E-state index contributed by atoms with van der Waals surface area (Å²) in [6, 6.07) is 5.51. The number of methoxy groups -OCH3 is 1. The summed E-state index contributed by atoms with van der Waals surface area (Å²) in [5.74, 6) is -8.97. The molecule has 7 rings (SSSR count). The van der Waals surface area contributed by atoms with Gasteiger partial charge in [0.25, 0.3) is 0 Å². The molecule has 28 nitrogen and oxygen atoms in total. The number of hydrogen-bond donors (Lipinski definition) is 6. The van der Waals surface area contributed by atoms with Gasteiger partial charge in [-0.05, 0) is 168 Å². The molecule has 0 spiro atoms. The number of rotatable bonds is 33. The van der Waals surface area contributed by atoms with E-state index in [1.807, 2.05) is 6.07 Å². The first-order chi connectivity index (χ1) is 51.0. The maximum Gasteiger partial charge on any atom is 0.407 e. The number of alkyl carbamates (subject to hydrolysis) is 1. The molecule has 6 aliphatic rings. The van der Waals surface area contributed by atoms with Gasteiger partial charge in [0, 0.05) is 70.8 Å². The zero-order valence-corrected chi connectivity index (χ0v) is 66.9. The highest BCUT2D eigenvalue weighted by atomic mass is 16.7. The zero-order valence-electron chi connectivity index (χ0n) is 66.9. The molecule has 0 radical (unpaired) electrons. The minimum absolute atomic E-state index is 0.0211. The summed E-state index contributed by atoms with van der Waals surface area (Å²) in [6.45, 7) is 27.1. The lowest BCUT2D eigenvalue weighted by molar-refractivity contribution is -0.212. The van der Waals surface area contributed by atoms with E-state index in [0.717, 1.165) is 95.6 Å². The maximum atomic E-state index is 14.0. The number of ether oxygens (including phenoxy) is 12. The standard InChI is InChI=1S/C51H75NO16.C30H44O11/c1-12-14-15-16-19-22-38(54)64-43-41-40(32(4)42(43)65-45(56)31(3)13-2)44-51(60,50(10,59)46(57)66-44)37(29-49(41,9)67-33(5)53)63-39(55)26-24-34-23-25-36(62-30-61-11)35(28-34)21-18-17-20-27-52-47(58)68-48(6,7)8;1-8-10-11-12-13-14-20(33)38-24-22-21(17(4)23(24)39-26(34)16(3)9-2)25-30(37,29(7,36)27(35)40-25)19(32)15-28(22,6)41-18(5)31/h13,23,25,28,37,41-44,59-60H,12,14-22,24,26-27,29-30H2,1-11H3,(H,52,58);9,19,22-25,32,36-37H,8,10-15H2,1-7H3/b31-13-;16-9-/t37?,41-,42?,43+,44+,49+,50-,51-;19?,22-,23?,24+,25+,28+,29-,30-/m11/s1. The van der Waals surface area contributed by atoms with Gasteiger partial charge in [-0.2, -0.15) is 0 Å². The van der Waals surface area contributed by atoms with Gasteiger partial charge >= 0.3 is 59.8 Å². The van der Waals surface area contributed by atoms with Crippen molar-refractivity contribution in [3.63, 3.8) is 0 Å². The average Bonchev–Trinajstić information content (AvgIpc) is 1.54. The second-order valence-electron chi connectivity index (χ2n) is 31.4. The summed E-state index contributed by atoms with van der Waals surface area (Å²) in [5.41, 5.74) is -11.5. The van der Waals surface area contributed by atoms with E-state index in [1.165, 1.54) is 34.8 Å². The fraction of sp³-hybridized carbons (Fsp3) is 0.704. The van der Waals surface area contributed by atoms with E-state index in [0.29, 0.717) is 37.1 Å². The first-order valence-corrected chi connectivity index (χ1v) is 38.3. The van der Waals surface area contributed by atoms with Gasteiger partial charge in [-0.15, -0.1) is 0 Å². The van der Waals surface area contributed by atoms with E-state index in [9.17, 15) is 73.5 Å². The first kappa shape index (κ1) is 90.1. The third kappa shape index (κ3) is 20.7. The van der Waals surface area contributed by atoms with Crippen LogP contribution in [0.15, 0.2) is 63.8 Å². The van der Waals surface area contributed by atoms with Crippen LogP contribution in [0.25, 0.3) is 0 Å². The second kappa shape index (κ2) is 38.0. The Bertz CT molecular complexity index is 3600. The minimum Gasteiger partial charge on any atom is -0.467 e. The molecule has 0 aromatic heterocycles. The average molecular weight is 1540 g/mol. The Morgan fingerprint density at radius 1 is 0.587 bits per heavy atom. The topological polar surface area (TPSA) is 395 Å². The summed E-state index contributed by atoms with van der Waals surface area (Å²) in [7, 11) is 1.52. The highest BCUT2D eigenvalue weighted by Crippen LogP contribution is 2.60. The molecule has 2 heterocycles. The van der Waals surface area contributed by atoms with Gasteiger partial charge < -0.3 is 87.7 Å². The Morgan fingerprint density at radius 3 is 1.50 bits per heavy atom. The predicted molar refractivity (Wildman–Crippen MR) is 393 cm³/mol. The fourth-order valence-electron chi connectivity index (χ4n) is 15.7. The number of fused-ring (bicyclic) bond motifs is 6. The van der Waals surface area contributed by atoms with Crippen LogP contribution in [0, 0.1) is 11.8 Å². The number of carbonyl (C=O) groups is 10. The molecule has 1 aromatic carbocycles. The van der Waals surface area contributed by atoms with Gasteiger partial charge in [0.2, 0.25) is 0 Å². The molecule has 28 heteroatoms. The maximum absolute atomic E-state index is 14.0. The number of allylic oxidation sites excluding steroid dienone is 2. The molecule has 4 fully saturated rings. The summed E-state index contributed by atoms with van der Waals surface area (Å²) >= 11 is 0. The highest BCUT2D eigenvalue weighted by Gasteiger charge is 2.77. The van der Waals surface area contributed by atoms with Crippen LogP contribution < -0.4 is 10.1 Å². The Labute approximate surface area is 640 Å². The second-order valence-corrected chi connectivity index (χ2v) is 31.4. The number of aliphatic hydroxyl groups excluding tert-OH is 1. The number of hydrogen-bond acceptors (Lipinski definition) is 27. The van der Waals surface area contributed by atoms with Crippen molar-refractivity contribution in [3.05, 3.63) is 74.9 Å². The lowest BCUT2D eigenvalue weighted by Crippen LogP contribution is -2.64. The van der Waals surface area contributed by atoms with Gasteiger partial charge in [0.15, 0.2) is 65.8 Å².